The summed E-state index contributed by atoms with van der Waals surface area (Å²) in [5, 5.41) is 3.65. The number of pyridine rings is 1. The van der Waals surface area contributed by atoms with Crippen LogP contribution in [0, 0.1) is 6.92 Å². The van der Waals surface area contributed by atoms with Crippen LogP contribution in [0.25, 0.3) is 0 Å². The van der Waals surface area contributed by atoms with Crippen LogP contribution in [-0.2, 0) is 13.6 Å². The van der Waals surface area contributed by atoms with Gasteiger partial charge in [0, 0.05) is 25.3 Å². The van der Waals surface area contributed by atoms with Gasteiger partial charge in [0.15, 0.2) is 0 Å². The maximum Gasteiger partial charge on any atom is 0.269 e. The highest BCUT2D eigenvalue weighted by atomic mass is 35.5. The second kappa shape index (κ2) is 4.16. The molecule has 0 saturated carbocycles. The zero-order chi connectivity index (χ0) is 10.5. The fourth-order valence-electron chi connectivity index (χ4n) is 2.07. The predicted molar refractivity (Wildman–Crippen MR) is 63.9 cm³/mol. The first-order valence-corrected chi connectivity index (χ1v) is 5.03. The van der Waals surface area contributed by atoms with E-state index in [1.54, 1.807) is 11.6 Å². The molecule has 1 unspecified atom stereocenters. The Kier molecular flexibility index (Phi) is 3.48. The summed E-state index contributed by atoms with van der Waals surface area (Å²) in [4.78, 5) is 11.7. The quantitative estimate of drug-likeness (QED) is 0.762. The minimum absolute atomic E-state index is 0. The van der Waals surface area contributed by atoms with Crippen LogP contribution in [0.15, 0.2) is 4.79 Å². The van der Waals surface area contributed by atoms with Crippen LogP contribution in [0.3, 0.4) is 0 Å². The molecule has 0 aromatic carbocycles. The number of nitrogens with zero attached hydrogens (tertiary/aromatic N) is 1. The van der Waals surface area contributed by atoms with E-state index in [4.69, 9.17) is 11.6 Å². The lowest BCUT2D eigenvalue weighted by Gasteiger charge is -2.13. The first-order valence-electron chi connectivity index (χ1n) is 4.65. The van der Waals surface area contributed by atoms with Gasteiger partial charge in [-0.1, -0.05) is 11.6 Å². The van der Waals surface area contributed by atoms with Crippen molar-refractivity contribution in [3.8, 4) is 0 Å². The highest BCUT2D eigenvalue weighted by molar-refractivity contribution is 6.31. The van der Waals surface area contributed by atoms with E-state index in [9.17, 15) is 4.79 Å². The first-order chi connectivity index (χ1) is 6.54. The molecule has 0 saturated heterocycles. The second-order valence-corrected chi connectivity index (χ2v) is 4.15. The molecule has 1 atom stereocenters. The molecule has 5 heteroatoms. The summed E-state index contributed by atoms with van der Waals surface area (Å²) in [5.74, 6) is 0. The first kappa shape index (κ1) is 12.6. The average Bonchev–Trinajstić information content (AvgIpc) is 2.54. The number of rotatable bonds is 0. The normalized spacial score (nSPS) is 18.5. The summed E-state index contributed by atoms with van der Waals surface area (Å²) in [6.07, 6.45) is 0. The van der Waals surface area contributed by atoms with Crippen LogP contribution in [0.4, 0.5) is 0 Å². The SMILES string of the molecule is Cc1c2c(n(C)c(=O)c1Cl)C(C)NC2.Cl. The molecule has 1 aromatic heterocycles. The third-order valence-electron chi connectivity index (χ3n) is 2.94. The fraction of sp³-hybridized carbons (Fsp3) is 0.500. The average molecular weight is 249 g/mol. The third kappa shape index (κ3) is 1.69. The van der Waals surface area contributed by atoms with Crippen molar-refractivity contribution >= 4 is 24.0 Å². The van der Waals surface area contributed by atoms with E-state index in [0.717, 1.165) is 17.8 Å². The summed E-state index contributed by atoms with van der Waals surface area (Å²) < 4.78 is 1.65. The highest BCUT2D eigenvalue weighted by Crippen LogP contribution is 2.28. The Morgan fingerprint density at radius 3 is 2.73 bits per heavy atom. The molecule has 0 aliphatic carbocycles. The van der Waals surface area contributed by atoms with E-state index in [1.807, 2.05) is 6.92 Å². The third-order valence-corrected chi connectivity index (χ3v) is 3.39. The summed E-state index contributed by atoms with van der Waals surface area (Å²) >= 11 is 5.95. The van der Waals surface area contributed by atoms with Crippen molar-refractivity contribution in [2.75, 3.05) is 0 Å². The van der Waals surface area contributed by atoms with Crippen LogP contribution in [0.2, 0.25) is 5.02 Å². The molecule has 15 heavy (non-hydrogen) atoms. The van der Waals surface area contributed by atoms with Crippen LogP contribution in [0.5, 0.6) is 0 Å². The second-order valence-electron chi connectivity index (χ2n) is 3.77. The Morgan fingerprint density at radius 1 is 1.53 bits per heavy atom. The number of hydrogen-bond donors (Lipinski definition) is 1. The zero-order valence-electron chi connectivity index (χ0n) is 8.93. The molecule has 2 rings (SSSR count). The van der Waals surface area contributed by atoms with Gasteiger partial charge in [-0.3, -0.25) is 4.79 Å². The van der Waals surface area contributed by atoms with E-state index in [2.05, 4.69) is 12.2 Å². The van der Waals surface area contributed by atoms with Gasteiger partial charge in [-0.15, -0.1) is 12.4 Å². The summed E-state index contributed by atoms with van der Waals surface area (Å²) in [6, 6.07) is 0.235. The van der Waals surface area contributed by atoms with Crippen molar-refractivity contribution in [3.63, 3.8) is 0 Å². The molecule has 0 radical (unpaired) electrons. The number of halogens is 2. The summed E-state index contributed by atoms with van der Waals surface area (Å²) in [5.41, 5.74) is 3.06. The summed E-state index contributed by atoms with van der Waals surface area (Å²) in [7, 11) is 1.77. The topological polar surface area (TPSA) is 34.0 Å². The van der Waals surface area contributed by atoms with E-state index in [0.29, 0.717) is 5.02 Å². The Balaban J connectivity index is 0.00000112. The largest absolute Gasteiger partial charge is 0.313 e. The Bertz CT molecular complexity index is 454. The standard InChI is InChI=1S/C10H13ClN2O.ClH/c1-5-7-4-12-6(2)9(7)13(3)10(14)8(5)11;/h6,12H,4H2,1-3H3;1H. The van der Waals surface area contributed by atoms with Gasteiger partial charge in [-0.05, 0) is 25.0 Å². The number of nitrogens with one attached hydrogen (secondary N) is 1. The van der Waals surface area contributed by atoms with Gasteiger partial charge in [0.25, 0.3) is 5.56 Å². The smallest absolute Gasteiger partial charge is 0.269 e. The maximum absolute atomic E-state index is 11.7. The molecule has 0 spiro atoms. The van der Waals surface area contributed by atoms with E-state index in [1.165, 1.54) is 5.56 Å². The molecule has 1 N–H and O–H groups in total. The van der Waals surface area contributed by atoms with E-state index >= 15 is 0 Å². The van der Waals surface area contributed by atoms with Gasteiger partial charge >= 0.3 is 0 Å². The molecule has 0 amide bonds. The molecule has 1 aliphatic heterocycles. The Hall–Kier alpha value is -0.510. The molecule has 0 bridgehead atoms. The lowest BCUT2D eigenvalue weighted by atomic mass is 10.1. The molecule has 84 valence electrons. The van der Waals surface area contributed by atoms with Crippen LogP contribution in [0.1, 0.15) is 29.8 Å². The predicted octanol–water partition coefficient (Wildman–Crippen LogP) is 1.93. The number of hydrogen-bond acceptors (Lipinski definition) is 2. The molecule has 1 aliphatic rings. The van der Waals surface area contributed by atoms with Crippen LogP contribution < -0.4 is 10.9 Å². The Morgan fingerprint density at radius 2 is 2.13 bits per heavy atom. The fourth-order valence-corrected chi connectivity index (χ4v) is 2.31. The van der Waals surface area contributed by atoms with Gasteiger partial charge in [0.05, 0.1) is 0 Å². The van der Waals surface area contributed by atoms with Gasteiger partial charge in [0.1, 0.15) is 5.02 Å². The lowest BCUT2D eigenvalue weighted by molar-refractivity contribution is 0.599. The molecular weight excluding hydrogens is 235 g/mol. The van der Waals surface area contributed by atoms with Crippen molar-refractivity contribution in [2.45, 2.75) is 26.4 Å². The van der Waals surface area contributed by atoms with Gasteiger partial charge < -0.3 is 9.88 Å². The van der Waals surface area contributed by atoms with Crippen molar-refractivity contribution in [1.29, 1.82) is 0 Å². The summed E-state index contributed by atoms with van der Waals surface area (Å²) in [6.45, 7) is 4.76. The molecule has 1 aromatic rings. The maximum atomic E-state index is 11.7. The van der Waals surface area contributed by atoms with Crippen molar-refractivity contribution < 1.29 is 0 Å². The molecule has 3 nitrogen and oxygen atoms in total. The lowest BCUT2D eigenvalue weighted by Crippen LogP contribution is -2.23. The minimum atomic E-state index is -0.0986. The van der Waals surface area contributed by atoms with Gasteiger partial charge in [-0.2, -0.15) is 0 Å². The van der Waals surface area contributed by atoms with Crippen LogP contribution in [-0.4, -0.2) is 4.57 Å². The van der Waals surface area contributed by atoms with E-state index < -0.39 is 0 Å². The molecular formula is C10H14Cl2N2O. The van der Waals surface area contributed by atoms with E-state index in [-0.39, 0.29) is 24.0 Å². The highest BCUT2D eigenvalue weighted by Gasteiger charge is 2.25. The van der Waals surface area contributed by atoms with Crippen LogP contribution >= 0.6 is 24.0 Å². The van der Waals surface area contributed by atoms with Gasteiger partial charge in [0.2, 0.25) is 0 Å². The minimum Gasteiger partial charge on any atom is -0.313 e. The Labute approximate surface area is 99.8 Å². The van der Waals surface area contributed by atoms with Crippen molar-refractivity contribution in [3.05, 3.63) is 32.2 Å². The van der Waals surface area contributed by atoms with Gasteiger partial charge in [-0.25, -0.2) is 0 Å². The number of fused-ring (bicyclic) bond motifs is 1. The van der Waals surface area contributed by atoms with Crippen molar-refractivity contribution in [2.24, 2.45) is 7.05 Å². The number of aromatic nitrogens is 1. The monoisotopic (exact) mass is 248 g/mol. The van der Waals surface area contributed by atoms with Crippen molar-refractivity contribution in [1.82, 2.24) is 9.88 Å². The zero-order valence-corrected chi connectivity index (χ0v) is 10.5. The molecule has 2 heterocycles. The molecule has 0 fully saturated rings.